The highest BCUT2D eigenvalue weighted by atomic mass is 16.5. The molecular weight excluding hydrogens is 302 g/mol. The maximum absolute atomic E-state index is 5.94. The molecule has 0 saturated carbocycles. The molecule has 3 heterocycles. The normalized spacial score (nSPS) is 17.8. The SMILES string of the molecule is CNc1cc(CCC2CN(c3nc(C)cc(C)n3)CCO2)ccn1. The van der Waals surface area contributed by atoms with E-state index in [2.05, 4.69) is 37.3 Å². The number of anilines is 2. The average molecular weight is 327 g/mol. The van der Waals surface area contributed by atoms with Crippen LogP contribution in [0.1, 0.15) is 23.4 Å². The summed E-state index contributed by atoms with van der Waals surface area (Å²) >= 11 is 0. The van der Waals surface area contributed by atoms with Crippen LogP contribution < -0.4 is 10.2 Å². The van der Waals surface area contributed by atoms with Gasteiger partial charge in [0.05, 0.1) is 12.7 Å². The highest BCUT2D eigenvalue weighted by Gasteiger charge is 2.22. The summed E-state index contributed by atoms with van der Waals surface area (Å²) in [5.41, 5.74) is 3.30. The van der Waals surface area contributed by atoms with Crippen LogP contribution in [0.2, 0.25) is 0 Å². The van der Waals surface area contributed by atoms with Gasteiger partial charge in [-0.05, 0) is 50.5 Å². The van der Waals surface area contributed by atoms with Crippen molar-refractivity contribution in [2.24, 2.45) is 0 Å². The molecule has 1 N–H and O–H groups in total. The van der Waals surface area contributed by atoms with Crippen LogP contribution in [0.25, 0.3) is 0 Å². The second-order valence-electron chi connectivity index (χ2n) is 6.23. The van der Waals surface area contributed by atoms with Gasteiger partial charge in [-0.3, -0.25) is 0 Å². The Hall–Kier alpha value is -2.21. The molecule has 0 bridgehead atoms. The third kappa shape index (κ3) is 4.20. The fourth-order valence-electron chi connectivity index (χ4n) is 3.02. The number of hydrogen-bond acceptors (Lipinski definition) is 6. The first-order valence-electron chi connectivity index (χ1n) is 8.45. The van der Waals surface area contributed by atoms with Crippen LogP contribution in [0.5, 0.6) is 0 Å². The second kappa shape index (κ2) is 7.57. The van der Waals surface area contributed by atoms with Gasteiger partial charge in [-0.25, -0.2) is 15.0 Å². The number of aromatic nitrogens is 3. The predicted octanol–water partition coefficient (Wildman–Crippen LogP) is 2.37. The number of ether oxygens (including phenoxy) is 1. The van der Waals surface area contributed by atoms with E-state index in [1.165, 1.54) is 5.56 Å². The molecule has 1 saturated heterocycles. The maximum Gasteiger partial charge on any atom is 0.225 e. The van der Waals surface area contributed by atoms with E-state index in [1.54, 1.807) is 0 Å². The fraction of sp³-hybridized carbons (Fsp3) is 0.500. The molecule has 6 nitrogen and oxygen atoms in total. The van der Waals surface area contributed by atoms with E-state index >= 15 is 0 Å². The number of morpholine rings is 1. The van der Waals surface area contributed by atoms with E-state index in [9.17, 15) is 0 Å². The van der Waals surface area contributed by atoms with Gasteiger partial charge >= 0.3 is 0 Å². The number of hydrogen-bond donors (Lipinski definition) is 1. The molecule has 0 amide bonds. The zero-order valence-corrected chi connectivity index (χ0v) is 14.6. The van der Waals surface area contributed by atoms with E-state index < -0.39 is 0 Å². The minimum absolute atomic E-state index is 0.203. The first kappa shape index (κ1) is 16.6. The molecule has 2 aromatic heterocycles. The standard InChI is InChI=1S/C18H25N5O/c1-13-10-14(2)22-18(21-13)23-8-9-24-16(12-23)5-4-15-6-7-20-17(11-15)19-3/h6-7,10-11,16H,4-5,8-9,12H2,1-3H3,(H,19,20). The molecule has 1 aliphatic rings. The highest BCUT2D eigenvalue weighted by Crippen LogP contribution is 2.18. The van der Waals surface area contributed by atoms with Crippen molar-refractivity contribution in [3.8, 4) is 0 Å². The molecule has 2 aromatic rings. The molecule has 0 spiro atoms. The van der Waals surface area contributed by atoms with Crippen molar-refractivity contribution in [1.29, 1.82) is 0 Å². The molecule has 1 atom stereocenters. The summed E-state index contributed by atoms with van der Waals surface area (Å²) in [5, 5.41) is 3.08. The van der Waals surface area contributed by atoms with Crippen LogP contribution in [-0.4, -0.2) is 47.8 Å². The zero-order valence-electron chi connectivity index (χ0n) is 14.6. The van der Waals surface area contributed by atoms with Crippen molar-refractivity contribution in [2.45, 2.75) is 32.8 Å². The van der Waals surface area contributed by atoms with Crippen molar-refractivity contribution in [1.82, 2.24) is 15.0 Å². The molecular formula is C18H25N5O. The second-order valence-corrected chi connectivity index (χ2v) is 6.23. The van der Waals surface area contributed by atoms with E-state index in [0.29, 0.717) is 0 Å². The number of nitrogens with zero attached hydrogens (tertiary/aromatic N) is 4. The molecule has 6 heteroatoms. The van der Waals surface area contributed by atoms with Crippen molar-refractivity contribution in [3.63, 3.8) is 0 Å². The summed E-state index contributed by atoms with van der Waals surface area (Å²) in [7, 11) is 1.89. The van der Waals surface area contributed by atoms with Crippen LogP contribution in [-0.2, 0) is 11.2 Å². The lowest BCUT2D eigenvalue weighted by Crippen LogP contribution is -2.43. The number of nitrogens with one attached hydrogen (secondary N) is 1. The Morgan fingerprint density at radius 3 is 2.79 bits per heavy atom. The number of pyridine rings is 1. The molecule has 24 heavy (non-hydrogen) atoms. The topological polar surface area (TPSA) is 63.2 Å². The Bertz CT molecular complexity index is 671. The number of rotatable bonds is 5. The summed E-state index contributed by atoms with van der Waals surface area (Å²) < 4.78 is 5.94. The third-order valence-electron chi connectivity index (χ3n) is 4.23. The van der Waals surface area contributed by atoms with Gasteiger partial charge in [0.2, 0.25) is 5.95 Å². The molecule has 1 fully saturated rings. The summed E-state index contributed by atoms with van der Waals surface area (Å²) in [6.07, 6.45) is 4.01. The zero-order chi connectivity index (χ0) is 16.9. The summed E-state index contributed by atoms with van der Waals surface area (Å²) in [6, 6.07) is 6.16. The van der Waals surface area contributed by atoms with Crippen LogP contribution >= 0.6 is 0 Å². The molecule has 128 valence electrons. The van der Waals surface area contributed by atoms with Crippen LogP contribution in [0.4, 0.5) is 11.8 Å². The van der Waals surface area contributed by atoms with Gasteiger partial charge in [0.15, 0.2) is 0 Å². The van der Waals surface area contributed by atoms with Crippen LogP contribution in [0.15, 0.2) is 24.4 Å². The van der Waals surface area contributed by atoms with E-state index in [-0.39, 0.29) is 6.10 Å². The summed E-state index contributed by atoms with van der Waals surface area (Å²) in [5.74, 6) is 1.73. The lowest BCUT2D eigenvalue weighted by atomic mass is 10.1. The predicted molar refractivity (Wildman–Crippen MR) is 95.6 cm³/mol. The van der Waals surface area contributed by atoms with Crippen molar-refractivity contribution < 1.29 is 4.74 Å². The minimum atomic E-state index is 0.203. The van der Waals surface area contributed by atoms with Gasteiger partial charge in [-0.1, -0.05) is 0 Å². The fourth-order valence-corrected chi connectivity index (χ4v) is 3.02. The molecule has 1 aliphatic heterocycles. The Balaban J connectivity index is 1.61. The largest absolute Gasteiger partial charge is 0.375 e. The van der Waals surface area contributed by atoms with E-state index in [0.717, 1.165) is 55.7 Å². The highest BCUT2D eigenvalue weighted by molar-refractivity contribution is 5.37. The lowest BCUT2D eigenvalue weighted by molar-refractivity contribution is 0.0349. The lowest BCUT2D eigenvalue weighted by Gasteiger charge is -2.33. The smallest absolute Gasteiger partial charge is 0.225 e. The van der Waals surface area contributed by atoms with Crippen molar-refractivity contribution >= 4 is 11.8 Å². The average Bonchev–Trinajstić information content (AvgIpc) is 2.59. The Morgan fingerprint density at radius 1 is 1.25 bits per heavy atom. The molecule has 0 aromatic carbocycles. The van der Waals surface area contributed by atoms with Gasteiger partial charge in [-0.15, -0.1) is 0 Å². The third-order valence-corrected chi connectivity index (χ3v) is 4.23. The van der Waals surface area contributed by atoms with E-state index in [1.807, 2.05) is 33.2 Å². The molecule has 3 rings (SSSR count). The quantitative estimate of drug-likeness (QED) is 0.910. The molecule has 1 unspecified atom stereocenters. The van der Waals surface area contributed by atoms with E-state index in [4.69, 9.17) is 4.74 Å². The van der Waals surface area contributed by atoms with Crippen molar-refractivity contribution in [2.75, 3.05) is 37.0 Å². The molecule has 0 radical (unpaired) electrons. The first-order valence-corrected chi connectivity index (χ1v) is 8.45. The monoisotopic (exact) mass is 327 g/mol. The molecule has 0 aliphatic carbocycles. The summed E-state index contributed by atoms with van der Waals surface area (Å²) in [4.78, 5) is 15.6. The summed E-state index contributed by atoms with van der Waals surface area (Å²) in [6.45, 7) is 6.43. The van der Waals surface area contributed by atoms with Gasteiger partial charge in [0, 0.05) is 37.7 Å². The van der Waals surface area contributed by atoms with Gasteiger partial charge in [-0.2, -0.15) is 0 Å². The van der Waals surface area contributed by atoms with Gasteiger partial charge in [0.25, 0.3) is 0 Å². The maximum atomic E-state index is 5.94. The van der Waals surface area contributed by atoms with Crippen LogP contribution in [0.3, 0.4) is 0 Å². The van der Waals surface area contributed by atoms with Gasteiger partial charge < -0.3 is 15.0 Å². The number of aryl methyl sites for hydroxylation is 3. The van der Waals surface area contributed by atoms with Crippen LogP contribution in [0, 0.1) is 13.8 Å². The Labute approximate surface area is 143 Å². The Morgan fingerprint density at radius 2 is 2.04 bits per heavy atom. The Kier molecular flexibility index (Phi) is 5.25. The first-order chi connectivity index (χ1) is 11.6. The van der Waals surface area contributed by atoms with Gasteiger partial charge in [0.1, 0.15) is 5.82 Å². The minimum Gasteiger partial charge on any atom is -0.375 e. The van der Waals surface area contributed by atoms with Crippen molar-refractivity contribution in [3.05, 3.63) is 41.3 Å².